The van der Waals surface area contributed by atoms with E-state index in [1.807, 2.05) is 0 Å². The second kappa shape index (κ2) is 5.00. The van der Waals surface area contributed by atoms with Crippen molar-refractivity contribution in [2.75, 3.05) is 32.7 Å². The molecule has 0 radical (unpaired) electrons. The molecular weight excluding hydrogens is 222 g/mol. The van der Waals surface area contributed by atoms with Crippen molar-refractivity contribution in [3.63, 3.8) is 0 Å². The van der Waals surface area contributed by atoms with Crippen molar-refractivity contribution >= 4 is 0 Å². The third-order valence-electron chi connectivity index (χ3n) is 4.57. The largest absolute Gasteiger partial charge is 0.329 e. The molecule has 98 valence electrons. The number of nitrogens with zero attached hydrogens (tertiary/aromatic N) is 2. The summed E-state index contributed by atoms with van der Waals surface area (Å²) in [7, 11) is 0. The molecule has 0 aliphatic carbocycles. The second-order valence-electron chi connectivity index (χ2n) is 5.72. The van der Waals surface area contributed by atoms with Gasteiger partial charge in [0.15, 0.2) is 0 Å². The molecule has 1 aromatic carbocycles. The minimum absolute atomic E-state index is 0.271. The molecule has 0 bridgehead atoms. The van der Waals surface area contributed by atoms with E-state index < -0.39 is 0 Å². The summed E-state index contributed by atoms with van der Waals surface area (Å²) in [6.07, 6.45) is 2.58. The zero-order valence-electron chi connectivity index (χ0n) is 11.0. The van der Waals surface area contributed by atoms with E-state index in [2.05, 4.69) is 40.1 Å². The first-order valence-corrected chi connectivity index (χ1v) is 7.04. The Morgan fingerprint density at radius 1 is 1.11 bits per heavy atom. The third kappa shape index (κ3) is 2.18. The van der Waals surface area contributed by atoms with E-state index in [9.17, 15) is 0 Å². The van der Waals surface area contributed by atoms with Crippen LogP contribution in [-0.4, -0.2) is 48.1 Å². The van der Waals surface area contributed by atoms with Gasteiger partial charge in [-0.1, -0.05) is 30.3 Å². The Bertz CT molecular complexity index is 388. The maximum absolute atomic E-state index is 6.07. The van der Waals surface area contributed by atoms with Crippen LogP contribution in [0, 0.1) is 0 Å². The maximum atomic E-state index is 6.07. The van der Waals surface area contributed by atoms with Crippen molar-refractivity contribution in [2.45, 2.75) is 24.9 Å². The molecule has 1 unspecified atom stereocenters. The van der Waals surface area contributed by atoms with Crippen LogP contribution in [0.15, 0.2) is 30.3 Å². The molecule has 2 heterocycles. The quantitative estimate of drug-likeness (QED) is 0.868. The van der Waals surface area contributed by atoms with Gasteiger partial charge in [-0.15, -0.1) is 0 Å². The van der Waals surface area contributed by atoms with Gasteiger partial charge in [-0.2, -0.15) is 0 Å². The molecule has 2 aliphatic heterocycles. The first kappa shape index (κ1) is 12.2. The zero-order chi connectivity index (χ0) is 12.4. The first-order valence-electron chi connectivity index (χ1n) is 7.04. The van der Waals surface area contributed by atoms with Gasteiger partial charge in [-0.05, 0) is 18.4 Å². The van der Waals surface area contributed by atoms with E-state index in [4.69, 9.17) is 5.73 Å². The highest BCUT2D eigenvalue weighted by atomic mass is 15.3. The maximum Gasteiger partial charge on any atom is 0.0470 e. The molecule has 0 saturated carbocycles. The number of rotatable bonds is 4. The van der Waals surface area contributed by atoms with E-state index >= 15 is 0 Å². The highest BCUT2D eigenvalue weighted by Crippen LogP contribution is 2.31. The van der Waals surface area contributed by atoms with Gasteiger partial charge >= 0.3 is 0 Å². The van der Waals surface area contributed by atoms with Crippen LogP contribution in [0.1, 0.15) is 18.4 Å². The van der Waals surface area contributed by atoms with Crippen LogP contribution in [0.3, 0.4) is 0 Å². The lowest BCUT2D eigenvalue weighted by Gasteiger charge is -2.46. The smallest absolute Gasteiger partial charge is 0.0470 e. The molecule has 3 heteroatoms. The predicted octanol–water partition coefficient (Wildman–Crippen LogP) is 1.30. The molecule has 2 saturated heterocycles. The van der Waals surface area contributed by atoms with Crippen LogP contribution in [0.5, 0.6) is 0 Å². The molecule has 1 aromatic rings. The van der Waals surface area contributed by atoms with E-state index in [0.29, 0.717) is 0 Å². The summed E-state index contributed by atoms with van der Waals surface area (Å²) in [6, 6.07) is 10.8. The van der Waals surface area contributed by atoms with E-state index in [1.165, 1.54) is 38.0 Å². The molecule has 2 fully saturated rings. The van der Waals surface area contributed by atoms with Crippen molar-refractivity contribution in [1.29, 1.82) is 0 Å². The van der Waals surface area contributed by atoms with Gasteiger partial charge < -0.3 is 5.73 Å². The minimum atomic E-state index is 0.271. The minimum Gasteiger partial charge on any atom is -0.329 e. The highest BCUT2D eigenvalue weighted by Gasteiger charge is 2.43. The number of nitrogens with two attached hydrogens (primary N) is 1. The molecule has 0 aromatic heterocycles. The Balaban J connectivity index is 1.63. The SMILES string of the molecule is NCC1(N2CCC2)CCN(Cc2ccccc2)C1. The van der Waals surface area contributed by atoms with Crippen LogP contribution < -0.4 is 5.73 Å². The Hall–Kier alpha value is -0.900. The van der Waals surface area contributed by atoms with Crippen LogP contribution in [0.25, 0.3) is 0 Å². The molecule has 1 atom stereocenters. The predicted molar refractivity (Wildman–Crippen MR) is 74.3 cm³/mol. The molecule has 3 nitrogen and oxygen atoms in total. The van der Waals surface area contributed by atoms with Crippen LogP contribution in [-0.2, 0) is 6.54 Å². The van der Waals surface area contributed by atoms with Crippen LogP contribution >= 0.6 is 0 Å². The Morgan fingerprint density at radius 2 is 1.89 bits per heavy atom. The van der Waals surface area contributed by atoms with Crippen molar-refractivity contribution in [1.82, 2.24) is 9.80 Å². The Labute approximate surface area is 110 Å². The monoisotopic (exact) mass is 245 g/mol. The Kier molecular flexibility index (Phi) is 3.37. The standard InChI is InChI=1S/C15H23N3/c16-12-15(18-8-4-9-18)7-10-17(13-15)11-14-5-2-1-3-6-14/h1-3,5-6H,4,7-13,16H2. The molecule has 0 spiro atoms. The van der Waals surface area contributed by atoms with Crippen molar-refractivity contribution in [2.24, 2.45) is 5.73 Å². The van der Waals surface area contributed by atoms with Gasteiger partial charge in [0.25, 0.3) is 0 Å². The zero-order valence-corrected chi connectivity index (χ0v) is 11.0. The Morgan fingerprint density at radius 3 is 2.50 bits per heavy atom. The molecule has 3 rings (SSSR count). The average molecular weight is 245 g/mol. The van der Waals surface area contributed by atoms with Gasteiger partial charge in [-0.25, -0.2) is 0 Å². The van der Waals surface area contributed by atoms with Gasteiger partial charge in [-0.3, -0.25) is 9.80 Å². The lowest BCUT2D eigenvalue weighted by molar-refractivity contribution is 0.0400. The van der Waals surface area contributed by atoms with E-state index in [-0.39, 0.29) is 5.54 Å². The van der Waals surface area contributed by atoms with Crippen molar-refractivity contribution < 1.29 is 0 Å². The molecule has 2 N–H and O–H groups in total. The fraction of sp³-hybridized carbons (Fsp3) is 0.600. The fourth-order valence-corrected chi connectivity index (χ4v) is 3.26. The van der Waals surface area contributed by atoms with Crippen LogP contribution in [0.2, 0.25) is 0 Å². The van der Waals surface area contributed by atoms with Gasteiger partial charge in [0.2, 0.25) is 0 Å². The molecule has 18 heavy (non-hydrogen) atoms. The van der Waals surface area contributed by atoms with Crippen molar-refractivity contribution in [3.05, 3.63) is 35.9 Å². The number of benzene rings is 1. The summed E-state index contributed by atoms with van der Waals surface area (Å²) in [4.78, 5) is 5.15. The van der Waals surface area contributed by atoms with E-state index in [1.54, 1.807) is 0 Å². The second-order valence-corrected chi connectivity index (χ2v) is 5.72. The van der Waals surface area contributed by atoms with E-state index in [0.717, 1.165) is 19.6 Å². The molecular formula is C15H23N3. The number of hydrogen-bond acceptors (Lipinski definition) is 3. The summed E-state index contributed by atoms with van der Waals surface area (Å²) in [5.41, 5.74) is 7.75. The highest BCUT2D eigenvalue weighted by molar-refractivity contribution is 5.15. The lowest BCUT2D eigenvalue weighted by atomic mass is 9.92. The van der Waals surface area contributed by atoms with Crippen molar-refractivity contribution in [3.8, 4) is 0 Å². The number of hydrogen-bond donors (Lipinski definition) is 1. The summed E-state index contributed by atoms with van der Waals surface area (Å²) < 4.78 is 0. The first-order chi connectivity index (χ1) is 8.82. The van der Waals surface area contributed by atoms with Crippen LogP contribution in [0.4, 0.5) is 0 Å². The average Bonchev–Trinajstić information content (AvgIpc) is 2.73. The van der Waals surface area contributed by atoms with Gasteiger partial charge in [0.1, 0.15) is 0 Å². The van der Waals surface area contributed by atoms with Gasteiger partial charge in [0, 0.05) is 44.8 Å². The summed E-state index contributed by atoms with van der Waals surface area (Å²) in [6.45, 7) is 6.68. The topological polar surface area (TPSA) is 32.5 Å². The number of likely N-dealkylation sites (tertiary alicyclic amines) is 2. The molecule has 2 aliphatic rings. The third-order valence-corrected chi connectivity index (χ3v) is 4.57. The summed E-state index contributed by atoms with van der Waals surface area (Å²) in [5, 5.41) is 0. The molecule has 0 amide bonds. The fourth-order valence-electron chi connectivity index (χ4n) is 3.26. The summed E-state index contributed by atoms with van der Waals surface area (Å²) >= 11 is 0. The summed E-state index contributed by atoms with van der Waals surface area (Å²) in [5.74, 6) is 0. The normalized spacial score (nSPS) is 29.4. The lowest BCUT2D eigenvalue weighted by Crippen LogP contribution is -2.60. The van der Waals surface area contributed by atoms with Gasteiger partial charge in [0.05, 0.1) is 0 Å².